The Morgan fingerprint density at radius 2 is 1.74 bits per heavy atom. The molecule has 0 unspecified atom stereocenters. The van der Waals surface area contributed by atoms with Gasteiger partial charge in [-0.05, 0) is 36.3 Å². The summed E-state index contributed by atoms with van der Waals surface area (Å²) in [5.74, 6) is 0. The lowest BCUT2D eigenvalue weighted by molar-refractivity contribution is 1.05. The SMILES string of the molecule is Cc1ccccc1NC(=S)N/N=C\c1ccccc1. The van der Waals surface area contributed by atoms with E-state index in [4.69, 9.17) is 12.2 Å². The van der Waals surface area contributed by atoms with E-state index >= 15 is 0 Å². The number of thiocarbonyl (C=S) groups is 1. The minimum Gasteiger partial charge on any atom is -0.331 e. The summed E-state index contributed by atoms with van der Waals surface area (Å²) in [6.45, 7) is 2.03. The van der Waals surface area contributed by atoms with Crippen LogP contribution in [0.5, 0.6) is 0 Å². The van der Waals surface area contributed by atoms with Crippen LogP contribution in [0, 0.1) is 6.92 Å². The molecule has 0 aliphatic carbocycles. The monoisotopic (exact) mass is 269 g/mol. The third-order valence-electron chi connectivity index (χ3n) is 2.57. The summed E-state index contributed by atoms with van der Waals surface area (Å²) in [7, 11) is 0. The Balaban J connectivity index is 1.89. The zero-order valence-corrected chi connectivity index (χ0v) is 11.4. The van der Waals surface area contributed by atoms with Crippen LogP contribution in [0.1, 0.15) is 11.1 Å². The molecular weight excluding hydrogens is 254 g/mol. The fourth-order valence-corrected chi connectivity index (χ4v) is 1.73. The van der Waals surface area contributed by atoms with Crippen LogP contribution in [-0.2, 0) is 0 Å². The predicted molar refractivity (Wildman–Crippen MR) is 84.6 cm³/mol. The van der Waals surface area contributed by atoms with E-state index in [9.17, 15) is 0 Å². The first-order chi connectivity index (χ1) is 9.25. The van der Waals surface area contributed by atoms with Crippen LogP contribution in [0.2, 0.25) is 0 Å². The molecule has 2 aromatic rings. The first-order valence-corrected chi connectivity index (χ1v) is 6.37. The van der Waals surface area contributed by atoms with Crippen LogP contribution in [0.3, 0.4) is 0 Å². The average Bonchev–Trinajstić information content (AvgIpc) is 2.43. The molecule has 0 aliphatic rings. The molecular formula is C15H15N3S. The van der Waals surface area contributed by atoms with E-state index in [1.807, 2.05) is 61.5 Å². The van der Waals surface area contributed by atoms with Crippen molar-refractivity contribution in [3.63, 3.8) is 0 Å². The number of nitrogens with one attached hydrogen (secondary N) is 2. The van der Waals surface area contributed by atoms with Gasteiger partial charge in [0.05, 0.1) is 6.21 Å². The molecule has 0 aromatic heterocycles. The molecule has 0 saturated carbocycles. The van der Waals surface area contributed by atoms with Crippen molar-refractivity contribution < 1.29 is 0 Å². The molecule has 2 N–H and O–H groups in total. The lowest BCUT2D eigenvalue weighted by atomic mass is 10.2. The quantitative estimate of drug-likeness (QED) is 0.510. The van der Waals surface area contributed by atoms with Crippen molar-refractivity contribution in [1.82, 2.24) is 5.43 Å². The number of anilines is 1. The standard InChI is InChI=1S/C15H15N3S/c1-12-7-5-6-10-14(12)17-15(19)18-16-11-13-8-3-2-4-9-13/h2-11H,1H3,(H2,17,18,19)/b16-11-. The zero-order chi connectivity index (χ0) is 13.5. The van der Waals surface area contributed by atoms with Crippen molar-refractivity contribution in [3.05, 3.63) is 65.7 Å². The Bertz CT molecular complexity index is 579. The van der Waals surface area contributed by atoms with Gasteiger partial charge in [0.2, 0.25) is 0 Å². The van der Waals surface area contributed by atoms with E-state index < -0.39 is 0 Å². The van der Waals surface area contributed by atoms with Crippen molar-refractivity contribution in [2.75, 3.05) is 5.32 Å². The van der Waals surface area contributed by atoms with Gasteiger partial charge in [-0.2, -0.15) is 5.10 Å². The molecule has 0 bridgehead atoms. The van der Waals surface area contributed by atoms with Crippen molar-refractivity contribution in [2.24, 2.45) is 5.10 Å². The van der Waals surface area contributed by atoms with E-state index in [2.05, 4.69) is 15.8 Å². The van der Waals surface area contributed by atoms with Gasteiger partial charge >= 0.3 is 0 Å². The van der Waals surface area contributed by atoms with E-state index in [0.29, 0.717) is 5.11 Å². The molecule has 19 heavy (non-hydrogen) atoms. The minimum absolute atomic E-state index is 0.474. The highest BCUT2D eigenvalue weighted by Gasteiger charge is 1.98. The van der Waals surface area contributed by atoms with Gasteiger partial charge < -0.3 is 5.32 Å². The lowest BCUT2D eigenvalue weighted by Gasteiger charge is -2.09. The molecule has 0 amide bonds. The predicted octanol–water partition coefficient (Wildman–Crippen LogP) is 3.32. The van der Waals surface area contributed by atoms with E-state index in [1.165, 1.54) is 0 Å². The highest BCUT2D eigenvalue weighted by Crippen LogP contribution is 2.12. The normalized spacial score (nSPS) is 10.4. The molecule has 0 heterocycles. The summed E-state index contributed by atoms with van der Waals surface area (Å²) in [5, 5.41) is 7.67. The number of para-hydroxylation sites is 1. The minimum atomic E-state index is 0.474. The van der Waals surface area contributed by atoms with Gasteiger partial charge in [0, 0.05) is 5.69 Å². The smallest absolute Gasteiger partial charge is 0.191 e. The Morgan fingerprint density at radius 3 is 2.47 bits per heavy atom. The second kappa shape index (κ2) is 6.66. The van der Waals surface area contributed by atoms with Crippen molar-refractivity contribution in [2.45, 2.75) is 6.92 Å². The molecule has 0 radical (unpaired) electrons. The lowest BCUT2D eigenvalue weighted by Crippen LogP contribution is -2.24. The maximum Gasteiger partial charge on any atom is 0.191 e. The summed E-state index contributed by atoms with van der Waals surface area (Å²) in [6.07, 6.45) is 1.73. The topological polar surface area (TPSA) is 36.4 Å². The Morgan fingerprint density at radius 1 is 1.05 bits per heavy atom. The Labute approximate surface area is 118 Å². The van der Waals surface area contributed by atoms with Crippen LogP contribution in [0.4, 0.5) is 5.69 Å². The average molecular weight is 269 g/mol. The van der Waals surface area contributed by atoms with Crippen LogP contribution in [-0.4, -0.2) is 11.3 Å². The van der Waals surface area contributed by atoms with Crippen molar-refractivity contribution >= 4 is 29.2 Å². The first-order valence-electron chi connectivity index (χ1n) is 5.96. The van der Waals surface area contributed by atoms with Gasteiger partial charge in [0.15, 0.2) is 5.11 Å². The van der Waals surface area contributed by atoms with Gasteiger partial charge in [0.25, 0.3) is 0 Å². The second-order valence-corrected chi connectivity index (χ2v) is 4.46. The molecule has 0 aliphatic heterocycles. The van der Waals surface area contributed by atoms with Gasteiger partial charge in [-0.15, -0.1) is 0 Å². The molecule has 0 saturated heterocycles. The maximum atomic E-state index is 5.18. The number of hydrogen-bond acceptors (Lipinski definition) is 2. The van der Waals surface area contributed by atoms with Gasteiger partial charge in [0.1, 0.15) is 0 Å². The fraction of sp³-hybridized carbons (Fsp3) is 0.0667. The number of aryl methyl sites for hydroxylation is 1. The third-order valence-corrected chi connectivity index (χ3v) is 2.77. The van der Waals surface area contributed by atoms with Gasteiger partial charge in [-0.25, -0.2) is 0 Å². The van der Waals surface area contributed by atoms with Crippen LogP contribution >= 0.6 is 12.2 Å². The first kappa shape index (κ1) is 13.2. The van der Waals surface area contributed by atoms with E-state index in [1.54, 1.807) is 6.21 Å². The molecule has 96 valence electrons. The summed E-state index contributed by atoms with van der Waals surface area (Å²) in [5.41, 5.74) is 5.94. The summed E-state index contributed by atoms with van der Waals surface area (Å²) in [4.78, 5) is 0. The fourth-order valence-electron chi connectivity index (χ4n) is 1.57. The maximum absolute atomic E-state index is 5.18. The number of hydrazone groups is 1. The highest BCUT2D eigenvalue weighted by molar-refractivity contribution is 7.80. The molecule has 3 nitrogen and oxygen atoms in total. The molecule has 4 heteroatoms. The Kier molecular flexibility index (Phi) is 4.64. The molecule has 2 rings (SSSR count). The van der Waals surface area contributed by atoms with Gasteiger partial charge in [-0.1, -0.05) is 48.5 Å². The van der Waals surface area contributed by atoms with Crippen molar-refractivity contribution in [3.8, 4) is 0 Å². The van der Waals surface area contributed by atoms with Gasteiger partial charge in [-0.3, -0.25) is 5.43 Å². The largest absolute Gasteiger partial charge is 0.331 e. The number of benzene rings is 2. The zero-order valence-electron chi connectivity index (χ0n) is 10.6. The Hall–Kier alpha value is -2.20. The molecule has 0 atom stereocenters. The second-order valence-electron chi connectivity index (χ2n) is 4.05. The number of nitrogens with zero attached hydrogens (tertiary/aromatic N) is 1. The van der Waals surface area contributed by atoms with E-state index in [0.717, 1.165) is 16.8 Å². The number of rotatable bonds is 3. The third kappa shape index (κ3) is 4.19. The van der Waals surface area contributed by atoms with Crippen molar-refractivity contribution in [1.29, 1.82) is 0 Å². The van der Waals surface area contributed by atoms with Crippen LogP contribution in [0.25, 0.3) is 0 Å². The van der Waals surface area contributed by atoms with Crippen LogP contribution in [0.15, 0.2) is 59.7 Å². The van der Waals surface area contributed by atoms with Crippen LogP contribution < -0.4 is 10.7 Å². The summed E-state index contributed by atoms with van der Waals surface area (Å²) in [6, 6.07) is 17.8. The summed E-state index contributed by atoms with van der Waals surface area (Å²) >= 11 is 5.18. The summed E-state index contributed by atoms with van der Waals surface area (Å²) < 4.78 is 0. The molecule has 2 aromatic carbocycles. The number of hydrogen-bond donors (Lipinski definition) is 2. The molecule has 0 fully saturated rings. The highest BCUT2D eigenvalue weighted by atomic mass is 32.1. The van der Waals surface area contributed by atoms with E-state index in [-0.39, 0.29) is 0 Å². The molecule has 0 spiro atoms.